The molecule has 132 valence electrons. The normalized spacial score (nSPS) is 12.5. The Hall–Kier alpha value is -3.65. The van der Waals surface area contributed by atoms with Gasteiger partial charge in [-0.2, -0.15) is 5.26 Å². The maximum atomic E-state index is 12.1. The minimum atomic E-state index is -0.438. The molecule has 1 amide bonds. The molecule has 0 aliphatic carbocycles. The summed E-state index contributed by atoms with van der Waals surface area (Å²) in [4.78, 5) is 18.1. The predicted octanol–water partition coefficient (Wildman–Crippen LogP) is 3.23. The number of rotatable bonds is 4. The van der Waals surface area contributed by atoms with Crippen LogP contribution in [0, 0.1) is 11.5 Å². The molecule has 5 nitrogen and oxygen atoms in total. The van der Waals surface area contributed by atoms with Crippen LogP contribution in [0.25, 0.3) is 11.1 Å². The second-order valence-corrected chi connectivity index (χ2v) is 6.64. The van der Waals surface area contributed by atoms with Crippen molar-refractivity contribution < 1.29 is 4.79 Å². The fourth-order valence-corrected chi connectivity index (χ4v) is 3.56. The largest absolute Gasteiger partial charge is 0.366 e. The zero-order valence-electron chi connectivity index (χ0n) is 14.7. The fraction of sp³-hybridized carbons (Fsp3) is 0.136. The average molecular weight is 354 g/mol. The van der Waals surface area contributed by atoms with Crippen molar-refractivity contribution in [2.24, 2.45) is 5.73 Å². The molecule has 4 rings (SSSR count). The number of hydrogen-bond acceptors (Lipinski definition) is 4. The molecule has 1 aromatic heterocycles. The molecule has 2 N–H and O–H groups in total. The SMILES string of the molecule is N#CN1Cc2nccc(-c3ccc(Cc4ccccc4)c(C(N)=O)c3)c2C1. The lowest BCUT2D eigenvalue weighted by atomic mass is 9.93. The van der Waals surface area contributed by atoms with Gasteiger partial charge >= 0.3 is 0 Å². The van der Waals surface area contributed by atoms with Gasteiger partial charge in [-0.1, -0.05) is 42.5 Å². The van der Waals surface area contributed by atoms with Crippen molar-refractivity contribution in [3.8, 4) is 17.3 Å². The molecule has 1 aliphatic heterocycles. The van der Waals surface area contributed by atoms with E-state index in [0.29, 0.717) is 25.1 Å². The van der Waals surface area contributed by atoms with Crippen molar-refractivity contribution in [1.29, 1.82) is 5.26 Å². The average Bonchev–Trinajstić information content (AvgIpc) is 3.12. The quantitative estimate of drug-likeness (QED) is 0.729. The molecule has 0 atom stereocenters. The Bertz CT molecular complexity index is 1050. The lowest BCUT2D eigenvalue weighted by Crippen LogP contribution is -2.14. The minimum Gasteiger partial charge on any atom is -0.366 e. The van der Waals surface area contributed by atoms with E-state index in [1.165, 1.54) is 0 Å². The first-order valence-corrected chi connectivity index (χ1v) is 8.74. The molecule has 0 saturated carbocycles. The van der Waals surface area contributed by atoms with Crippen molar-refractivity contribution in [3.63, 3.8) is 0 Å². The van der Waals surface area contributed by atoms with Crippen molar-refractivity contribution in [2.75, 3.05) is 0 Å². The summed E-state index contributed by atoms with van der Waals surface area (Å²) in [5.41, 5.74) is 12.1. The first-order valence-electron chi connectivity index (χ1n) is 8.74. The van der Waals surface area contributed by atoms with Crippen LogP contribution in [0.15, 0.2) is 60.8 Å². The Balaban J connectivity index is 1.74. The molecule has 2 aromatic carbocycles. The number of carbonyl (C=O) groups excluding carboxylic acids is 1. The zero-order chi connectivity index (χ0) is 18.8. The number of nitrogens with zero attached hydrogens (tertiary/aromatic N) is 3. The first-order chi connectivity index (χ1) is 13.2. The summed E-state index contributed by atoms with van der Waals surface area (Å²) in [5, 5.41) is 9.18. The van der Waals surface area contributed by atoms with Crippen molar-refractivity contribution >= 4 is 5.91 Å². The Morgan fingerprint density at radius 2 is 1.96 bits per heavy atom. The van der Waals surface area contributed by atoms with Crippen LogP contribution in [-0.4, -0.2) is 15.8 Å². The molecule has 27 heavy (non-hydrogen) atoms. The van der Waals surface area contributed by atoms with Crippen LogP contribution in [-0.2, 0) is 19.5 Å². The molecule has 0 bridgehead atoms. The maximum Gasteiger partial charge on any atom is 0.249 e. The van der Waals surface area contributed by atoms with E-state index in [-0.39, 0.29) is 0 Å². The highest BCUT2D eigenvalue weighted by atomic mass is 16.1. The molecule has 2 heterocycles. The monoisotopic (exact) mass is 354 g/mol. The van der Waals surface area contributed by atoms with Gasteiger partial charge in [0.15, 0.2) is 6.19 Å². The van der Waals surface area contributed by atoms with Gasteiger partial charge in [0.2, 0.25) is 5.91 Å². The summed E-state index contributed by atoms with van der Waals surface area (Å²) in [6, 6.07) is 17.7. The Labute approximate surface area is 157 Å². The van der Waals surface area contributed by atoms with Crippen LogP contribution in [0.2, 0.25) is 0 Å². The van der Waals surface area contributed by atoms with Crippen LogP contribution in [0.1, 0.15) is 32.7 Å². The van der Waals surface area contributed by atoms with Gasteiger partial charge in [-0.3, -0.25) is 9.78 Å². The zero-order valence-corrected chi connectivity index (χ0v) is 14.7. The van der Waals surface area contributed by atoms with Crippen molar-refractivity contribution in [1.82, 2.24) is 9.88 Å². The van der Waals surface area contributed by atoms with Crippen LogP contribution >= 0.6 is 0 Å². The number of nitriles is 1. The molecule has 0 unspecified atom stereocenters. The van der Waals surface area contributed by atoms with Gasteiger partial charge < -0.3 is 10.6 Å². The van der Waals surface area contributed by atoms with Crippen LogP contribution in [0.3, 0.4) is 0 Å². The second-order valence-electron chi connectivity index (χ2n) is 6.64. The number of primary amides is 1. The summed E-state index contributed by atoms with van der Waals surface area (Å²) >= 11 is 0. The lowest BCUT2D eigenvalue weighted by Gasteiger charge is -2.12. The Morgan fingerprint density at radius 1 is 1.15 bits per heavy atom. The number of nitrogens with two attached hydrogens (primary N) is 1. The molecule has 1 aliphatic rings. The number of hydrogen-bond donors (Lipinski definition) is 1. The highest BCUT2D eigenvalue weighted by Crippen LogP contribution is 2.32. The molecule has 0 saturated heterocycles. The number of fused-ring (bicyclic) bond motifs is 1. The lowest BCUT2D eigenvalue weighted by molar-refractivity contribution is 0.0999. The third-order valence-corrected chi connectivity index (χ3v) is 4.90. The molecule has 3 aromatic rings. The molecule has 0 radical (unpaired) electrons. The number of amides is 1. The molecule has 0 spiro atoms. The van der Waals surface area contributed by atoms with Crippen LogP contribution in [0.4, 0.5) is 0 Å². The van der Waals surface area contributed by atoms with E-state index in [0.717, 1.165) is 33.5 Å². The van der Waals surface area contributed by atoms with Crippen molar-refractivity contribution in [2.45, 2.75) is 19.5 Å². The minimum absolute atomic E-state index is 0.438. The highest BCUT2D eigenvalue weighted by molar-refractivity contribution is 5.96. The van der Waals surface area contributed by atoms with Crippen molar-refractivity contribution in [3.05, 3.63) is 88.7 Å². The Kier molecular flexibility index (Phi) is 4.31. The summed E-state index contributed by atoms with van der Waals surface area (Å²) in [6.07, 6.45) is 4.57. The maximum absolute atomic E-state index is 12.1. The number of aromatic nitrogens is 1. The first kappa shape index (κ1) is 16.8. The van der Waals surface area contributed by atoms with Gasteiger partial charge in [0, 0.05) is 17.3 Å². The number of benzene rings is 2. The second kappa shape index (κ2) is 6.93. The molecule has 0 fully saturated rings. The van der Waals surface area contributed by atoms with E-state index in [1.54, 1.807) is 11.1 Å². The van der Waals surface area contributed by atoms with E-state index in [4.69, 9.17) is 5.73 Å². The van der Waals surface area contributed by atoms with Gasteiger partial charge in [-0.15, -0.1) is 0 Å². The predicted molar refractivity (Wildman–Crippen MR) is 102 cm³/mol. The van der Waals surface area contributed by atoms with E-state index in [1.807, 2.05) is 54.6 Å². The third-order valence-electron chi connectivity index (χ3n) is 4.90. The number of carbonyl (C=O) groups is 1. The van der Waals surface area contributed by atoms with Gasteiger partial charge in [0.1, 0.15) is 0 Å². The third kappa shape index (κ3) is 3.25. The summed E-state index contributed by atoms with van der Waals surface area (Å²) in [7, 11) is 0. The van der Waals surface area contributed by atoms with E-state index in [2.05, 4.69) is 11.2 Å². The molecular formula is C22H18N4O. The smallest absolute Gasteiger partial charge is 0.249 e. The van der Waals surface area contributed by atoms with Gasteiger partial charge in [-0.25, -0.2) is 0 Å². The van der Waals surface area contributed by atoms with Gasteiger partial charge in [-0.05, 0) is 40.8 Å². The molecular weight excluding hydrogens is 336 g/mol. The standard InChI is InChI=1S/C22H18N4O/c23-14-26-12-20-18(8-9-25-21(20)13-26)17-7-6-16(19(11-17)22(24)27)10-15-4-2-1-3-5-15/h1-9,11H,10,12-13H2,(H2,24,27). The highest BCUT2D eigenvalue weighted by Gasteiger charge is 2.23. The Morgan fingerprint density at radius 3 is 2.70 bits per heavy atom. The van der Waals surface area contributed by atoms with E-state index in [9.17, 15) is 10.1 Å². The van der Waals surface area contributed by atoms with E-state index < -0.39 is 5.91 Å². The van der Waals surface area contributed by atoms with Gasteiger partial charge in [0.05, 0.1) is 18.8 Å². The van der Waals surface area contributed by atoms with E-state index >= 15 is 0 Å². The van der Waals surface area contributed by atoms with Crippen LogP contribution in [0.5, 0.6) is 0 Å². The summed E-state index contributed by atoms with van der Waals surface area (Å²) in [6.45, 7) is 1.06. The van der Waals surface area contributed by atoms with Crippen LogP contribution < -0.4 is 5.73 Å². The fourth-order valence-electron chi connectivity index (χ4n) is 3.56. The number of pyridine rings is 1. The molecule has 5 heteroatoms. The summed E-state index contributed by atoms with van der Waals surface area (Å²) in [5.74, 6) is -0.438. The van der Waals surface area contributed by atoms with Gasteiger partial charge in [0.25, 0.3) is 0 Å². The topological polar surface area (TPSA) is 83.0 Å². The summed E-state index contributed by atoms with van der Waals surface area (Å²) < 4.78 is 0.